The number of nitrogen functional groups attached to an aromatic ring is 1. The Balaban J connectivity index is 1.71. The minimum atomic E-state index is 0.501. The number of ether oxygens (including phenoxy) is 2. The lowest BCUT2D eigenvalue weighted by Gasteiger charge is -2.14. The molecule has 122 valence electrons. The van der Waals surface area contributed by atoms with Crippen molar-refractivity contribution in [2.75, 3.05) is 5.73 Å². The average molecular weight is 319 g/mol. The summed E-state index contributed by atoms with van der Waals surface area (Å²) in [6, 6.07) is 23.8. The van der Waals surface area contributed by atoms with E-state index in [0.29, 0.717) is 24.7 Å². The molecule has 2 N–H and O–H groups in total. The number of nitrogens with two attached hydrogens (primary N) is 1. The number of hydrogen-bond acceptors (Lipinski definition) is 3. The predicted molar refractivity (Wildman–Crippen MR) is 97.1 cm³/mol. The highest BCUT2D eigenvalue weighted by Crippen LogP contribution is 2.31. The third-order valence-electron chi connectivity index (χ3n) is 3.86. The van der Waals surface area contributed by atoms with Gasteiger partial charge in [-0.05, 0) is 18.1 Å². The Labute approximate surface area is 142 Å². The van der Waals surface area contributed by atoms with Crippen molar-refractivity contribution < 1.29 is 9.47 Å². The van der Waals surface area contributed by atoms with Crippen LogP contribution in [0.3, 0.4) is 0 Å². The van der Waals surface area contributed by atoms with E-state index in [1.54, 1.807) is 0 Å². The zero-order valence-electron chi connectivity index (χ0n) is 13.7. The summed E-state index contributed by atoms with van der Waals surface area (Å²) in [5.74, 6) is 1.46. The van der Waals surface area contributed by atoms with Crippen LogP contribution in [0.1, 0.15) is 16.7 Å². The maximum atomic E-state index is 6.10. The summed E-state index contributed by atoms with van der Waals surface area (Å²) in [6.45, 7) is 2.96. The van der Waals surface area contributed by atoms with Crippen LogP contribution in [0.5, 0.6) is 11.5 Å². The van der Waals surface area contributed by atoms with E-state index in [1.165, 1.54) is 0 Å². The molecule has 3 aromatic carbocycles. The fourth-order valence-electron chi connectivity index (χ4n) is 2.39. The van der Waals surface area contributed by atoms with Gasteiger partial charge in [0.1, 0.15) is 24.7 Å². The van der Waals surface area contributed by atoms with E-state index in [0.717, 1.165) is 22.4 Å². The molecule has 3 nitrogen and oxygen atoms in total. The van der Waals surface area contributed by atoms with Crippen molar-refractivity contribution in [3.8, 4) is 11.5 Å². The molecule has 0 aromatic heterocycles. The Hall–Kier alpha value is -2.94. The molecule has 0 bridgehead atoms. The van der Waals surface area contributed by atoms with Gasteiger partial charge in [0.2, 0.25) is 0 Å². The highest BCUT2D eigenvalue weighted by atomic mass is 16.5. The van der Waals surface area contributed by atoms with Crippen molar-refractivity contribution >= 4 is 5.69 Å². The molecule has 3 aromatic rings. The molecule has 0 radical (unpaired) electrons. The Morgan fingerprint density at radius 1 is 0.750 bits per heavy atom. The summed E-state index contributed by atoms with van der Waals surface area (Å²) >= 11 is 0. The summed E-state index contributed by atoms with van der Waals surface area (Å²) in [5, 5.41) is 0. The Morgan fingerprint density at radius 2 is 1.29 bits per heavy atom. The van der Waals surface area contributed by atoms with Crippen molar-refractivity contribution in [2.45, 2.75) is 20.1 Å². The van der Waals surface area contributed by atoms with Crippen molar-refractivity contribution in [2.24, 2.45) is 0 Å². The first-order chi connectivity index (χ1) is 11.7. The number of hydrogen-bond donors (Lipinski definition) is 1. The summed E-state index contributed by atoms with van der Waals surface area (Å²) in [7, 11) is 0. The molecule has 3 rings (SSSR count). The molecule has 0 amide bonds. The van der Waals surface area contributed by atoms with Gasteiger partial charge in [-0.2, -0.15) is 0 Å². The van der Waals surface area contributed by atoms with Crippen LogP contribution < -0.4 is 15.2 Å². The zero-order valence-corrected chi connectivity index (χ0v) is 13.7. The van der Waals surface area contributed by atoms with E-state index in [9.17, 15) is 0 Å². The van der Waals surface area contributed by atoms with Gasteiger partial charge in [0.25, 0.3) is 0 Å². The van der Waals surface area contributed by atoms with Crippen LogP contribution in [0.4, 0.5) is 5.69 Å². The standard InChI is InChI=1S/C21H21NO2/c1-16-20(22)12-19(23-14-17-8-4-2-5-9-17)13-21(16)24-15-18-10-6-3-7-11-18/h2-13H,14-15,22H2,1H3. The van der Waals surface area contributed by atoms with Crippen molar-refractivity contribution in [3.63, 3.8) is 0 Å². The summed E-state index contributed by atoms with van der Waals surface area (Å²) in [5.41, 5.74) is 9.93. The molecule has 0 atom stereocenters. The van der Waals surface area contributed by atoms with E-state index in [2.05, 4.69) is 0 Å². The van der Waals surface area contributed by atoms with Crippen LogP contribution in [-0.2, 0) is 13.2 Å². The van der Waals surface area contributed by atoms with Gasteiger partial charge in [0.15, 0.2) is 0 Å². The molecule has 0 unspecified atom stereocenters. The lowest BCUT2D eigenvalue weighted by molar-refractivity contribution is 0.289. The van der Waals surface area contributed by atoms with Gasteiger partial charge >= 0.3 is 0 Å². The maximum absolute atomic E-state index is 6.10. The third kappa shape index (κ3) is 4.07. The Kier molecular flexibility index (Phi) is 5.02. The van der Waals surface area contributed by atoms with E-state index >= 15 is 0 Å². The SMILES string of the molecule is Cc1c(N)cc(OCc2ccccc2)cc1OCc1ccccc1. The van der Waals surface area contributed by atoms with Crippen molar-refractivity contribution in [1.29, 1.82) is 0 Å². The fourth-order valence-corrected chi connectivity index (χ4v) is 2.39. The topological polar surface area (TPSA) is 44.5 Å². The molecule has 3 heteroatoms. The van der Waals surface area contributed by atoms with Gasteiger partial charge in [-0.3, -0.25) is 0 Å². The molecular formula is C21H21NO2. The number of rotatable bonds is 6. The number of anilines is 1. The summed E-state index contributed by atoms with van der Waals surface area (Å²) in [4.78, 5) is 0. The zero-order chi connectivity index (χ0) is 16.8. The van der Waals surface area contributed by atoms with E-state index < -0.39 is 0 Å². The second kappa shape index (κ2) is 7.55. The molecule has 0 spiro atoms. The highest BCUT2D eigenvalue weighted by molar-refractivity contribution is 5.58. The summed E-state index contributed by atoms with van der Waals surface area (Å²) < 4.78 is 11.8. The fraction of sp³-hybridized carbons (Fsp3) is 0.143. The number of benzene rings is 3. The molecule has 0 saturated carbocycles. The molecule has 0 aliphatic heterocycles. The molecule has 0 aliphatic carbocycles. The second-order valence-electron chi connectivity index (χ2n) is 5.68. The van der Waals surface area contributed by atoms with E-state index in [4.69, 9.17) is 15.2 Å². The lowest BCUT2D eigenvalue weighted by atomic mass is 10.1. The van der Waals surface area contributed by atoms with Gasteiger partial charge < -0.3 is 15.2 Å². The Bertz CT molecular complexity index is 786. The van der Waals surface area contributed by atoms with Crippen molar-refractivity contribution in [3.05, 3.63) is 89.5 Å². The van der Waals surface area contributed by atoms with Gasteiger partial charge in [-0.1, -0.05) is 60.7 Å². The van der Waals surface area contributed by atoms with Crippen LogP contribution in [0, 0.1) is 6.92 Å². The van der Waals surface area contributed by atoms with Gasteiger partial charge in [0, 0.05) is 23.4 Å². The van der Waals surface area contributed by atoms with Gasteiger partial charge in [0.05, 0.1) is 0 Å². The first-order valence-electron chi connectivity index (χ1n) is 7.96. The largest absolute Gasteiger partial charge is 0.489 e. The summed E-state index contributed by atoms with van der Waals surface area (Å²) in [6.07, 6.45) is 0. The molecular weight excluding hydrogens is 298 g/mol. The smallest absolute Gasteiger partial charge is 0.128 e. The van der Waals surface area contributed by atoms with Gasteiger partial charge in [-0.25, -0.2) is 0 Å². The highest BCUT2D eigenvalue weighted by Gasteiger charge is 2.08. The predicted octanol–water partition coefficient (Wildman–Crippen LogP) is 4.74. The normalized spacial score (nSPS) is 10.4. The first-order valence-corrected chi connectivity index (χ1v) is 7.96. The van der Waals surface area contributed by atoms with Crippen molar-refractivity contribution in [1.82, 2.24) is 0 Å². The van der Waals surface area contributed by atoms with Crippen LogP contribution in [0.15, 0.2) is 72.8 Å². The minimum absolute atomic E-state index is 0.501. The first kappa shape index (κ1) is 15.9. The van der Waals surface area contributed by atoms with Crippen LogP contribution in [0.2, 0.25) is 0 Å². The van der Waals surface area contributed by atoms with E-state index in [1.807, 2.05) is 79.7 Å². The van der Waals surface area contributed by atoms with E-state index in [-0.39, 0.29) is 0 Å². The monoisotopic (exact) mass is 319 g/mol. The molecule has 0 saturated heterocycles. The van der Waals surface area contributed by atoms with Crippen LogP contribution >= 0.6 is 0 Å². The van der Waals surface area contributed by atoms with Crippen LogP contribution in [-0.4, -0.2) is 0 Å². The Morgan fingerprint density at radius 3 is 1.88 bits per heavy atom. The maximum Gasteiger partial charge on any atom is 0.128 e. The average Bonchev–Trinajstić information content (AvgIpc) is 2.63. The quantitative estimate of drug-likeness (QED) is 0.668. The third-order valence-corrected chi connectivity index (χ3v) is 3.86. The van der Waals surface area contributed by atoms with Gasteiger partial charge in [-0.15, -0.1) is 0 Å². The van der Waals surface area contributed by atoms with Crippen LogP contribution in [0.25, 0.3) is 0 Å². The molecule has 24 heavy (non-hydrogen) atoms. The molecule has 0 fully saturated rings. The molecule has 0 aliphatic rings. The minimum Gasteiger partial charge on any atom is -0.489 e. The molecule has 0 heterocycles. The second-order valence-corrected chi connectivity index (χ2v) is 5.68. The lowest BCUT2D eigenvalue weighted by Crippen LogP contribution is -2.01.